The van der Waals surface area contributed by atoms with Gasteiger partial charge in [0.1, 0.15) is 17.1 Å². The number of halogens is 1. The van der Waals surface area contributed by atoms with Crippen molar-refractivity contribution in [3.05, 3.63) is 89.8 Å². The third kappa shape index (κ3) is 9.98. The fraction of sp³-hybridized carbons (Fsp3) is 0.212. The summed E-state index contributed by atoms with van der Waals surface area (Å²) >= 11 is 7.33. The Morgan fingerprint density at radius 3 is 1.73 bits per heavy atom. The molecule has 0 aliphatic rings. The van der Waals surface area contributed by atoms with Gasteiger partial charge in [0, 0.05) is 69.2 Å². The monoisotopic (exact) mass is 706 g/mol. The summed E-state index contributed by atoms with van der Waals surface area (Å²) in [5.74, 6) is -2.28. The van der Waals surface area contributed by atoms with Crippen molar-refractivity contribution >= 4 is 81.8 Å². The summed E-state index contributed by atoms with van der Waals surface area (Å²) in [4.78, 5) is 75.5. The van der Waals surface area contributed by atoms with E-state index in [0.717, 1.165) is 16.2 Å². The van der Waals surface area contributed by atoms with Gasteiger partial charge < -0.3 is 40.7 Å². The van der Waals surface area contributed by atoms with Crippen molar-refractivity contribution in [2.45, 2.75) is 11.3 Å². The Kier molecular flexibility index (Phi) is 12.2. The second-order valence-corrected chi connectivity index (χ2v) is 12.4. The molecule has 1 aromatic carbocycles. The molecule has 0 radical (unpaired) electrons. The number of rotatable bonds is 15. The maximum atomic E-state index is 13.1. The van der Waals surface area contributed by atoms with Crippen LogP contribution < -0.4 is 27.0 Å². The van der Waals surface area contributed by atoms with Crippen molar-refractivity contribution < 1.29 is 28.8 Å². The Morgan fingerprint density at radius 1 is 0.755 bits per heavy atom. The van der Waals surface area contributed by atoms with E-state index >= 15 is 0 Å². The second-order valence-electron chi connectivity index (χ2n) is 10.8. The molecule has 0 fully saturated rings. The van der Waals surface area contributed by atoms with Crippen molar-refractivity contribution in [2.24, 2.45) is 26.9 Å². The zero-order valence-electron chi connectivity index (χ0n) is 26.9. The Hall–Kier alpha value is -5.54. The van der Waals surface area contributed by atoms with Crippen LogP contribution in [0.25, 0.3) is 6.08 Å². The van der Waals surface area contributed by atoms with E-state index < -0.39 is 35.3 Å². The SMILES string of the molecule is Cn1cc(NC(=O)c2cc(NC(=O)c3cc(NC(=O)C(=O)C=Cc4ccc(SCCCl)cc4)cn3C)cn2C)cc1C(=O)NCCC(N)=O. The van der Waals surface area contributed by atoms with E-state index in [1.807, 2.05) is 24.3 Å². The summed E-state index contributed by atoms with van der Waals surface area (Å²) in [5.41, 5.74) is 7.46. The lowest BCUT2D eigenvalue weighted by Crippen LogP contribution is -2.29. The van der Waals surface area contributed by atoms with Gasteiger partial charge in [-0.15, -0.1) is 23.4 Å². The van der Waals surface area contributed by atoms with Crippen molar-refractivity contribution in [3.63, 3.8) is 0 Å². The van der Waals surface area contributed by atoms with Gasteiger partial charge in [0.2, 0.25) is 11.7 Å². The molecule has 0 saturated heterocycles. The van der Waals surface area contributed by atoms with Gasteiger partial charge in [0.25, 0.3) is 23.6 Å². The van der Waals surface area contributed by atoms with Gasteiger partial charge >= 0.3 is 0 Å². The first-order chi connectivity index (χ1) is 23.3. The van der Waals surface area contributed by atoms with Gasteiger partial charge in [-0.1, -0.05) is 18.2 Å². The van der Waals surface area contributed by atoms with E-state index in [-0.39, 0.29) is 35.7 Å². The zero-order chi connectivity index (χ0) is 35.7. The number of aryl methyl sites for hydroxylation is 3. The van der Waals surface area contributed by atoms with Gasteiger partial charge in [-0.25, -0.2) is 0 Å². The molecule has 3 heterocycles. The van der Waals surface area contributed by atoms with Crippen LogP contribution in [0.3, 0.4) is 0 Å². The topological polar surface area (TPSA) is 191 Å². The Bertz CT molecular complexity index is 1920. The van der Waals surface area contributed by atoms with Crippen LogP contribution in [-0.2, 0) is 35.5 Å². The van der Waals surface area contributed by atoms with Crippen LogP contribution >= 0.6 is 23.4 Å². The van der Waals surface area contributed by atoms with Crippen LogP contribution in [-0.4, -0.2) is 67.2 Å². The van der Waals surface area contributed by atoms with Crippen LogP contribution in [0.15, 0.2) is 72.0 Å². The molecule has 0 atom stereocenters. The minimum Gasteiger partial charge on any atom is -0.370 e. The summed E-state index contributed by atoms with van der Waals surface area (Å²) in [7, 11) is 4.87. The highest BCUT2D eigenvalue weighted by Gasteiger charge is 2.19. The fourth-order valence-corrected chi connectivity index (χ4v) is 5.50. The molecule has 49 heavy (non-hydrogen) atoms. The summed E-state index contributed by atoms with van der Waals surface area (Å²) in [5, 5.41) is 10.6. The summed E-state index contributed by atoms with van der Waals surface area (Å²) in [6.45, 7) is 0.0843. The number of primary amides is 1. The number of anilines is 3. The van der Waals surface area contributed by atoms with Gasteiger partial charge in [0.05, 0.1) is 17.1 Å². The molecular formula is C33H35ClN8O6S. The van der Waals surface area contributed by atoms with Crippen LogP contribution in [0, 0.1) is 0 Å². The van der Waals surface area contributed by atoms with Crippen molar-refractivity contribution in [2.75, 3.05) is 34.1 Å². The first-order valence-corrected chi connectivity index (χ1v) is 16.4. The number of ketones is 1. The number of carbonyl (C=O) groups is 6. The van der Waals surface area contributed by atoms with Crippen molar-refractivity contribution in [1.82, 2.24) is 19.0 Å². The number of nitrogens with two attached hydrogens (primary N) is 1. The molecule has 4 aromatic rings. The Labute approximate surface area is 291 Å². The average Bonchev–Trinajstić information content (AvgIpc) is 3.73. The Morgan fingerprint density at radius 2 is 1.24 bits per heavy atom. The van der Waals surface area contributed by atoms with E-state index in [4.69, 9.17) is 17.3 Å². The number of amides is 5. The first kappa shape index (κ1) is 36.3. The maximum absolute atomic E-state index is 13.1. The minimum absolute atomic E-state index is 0.000558. The van der Waals surface area contributed by atoms with E-state index in [1.165, 1.54) is 44.2 Å². The van der Waals surface area contributed by atoms with Gasteiger partial charge in [0.15, 0.2) is 0 Å². The highest BCUT2D eigenvalue weighted by atomic mass is 35.5. The maximum Gasteiger partial charge on any atom is 0.296 e. The molecule has 0 bridgehead atoms. The molecule has 14 nitrogen and oxygen atoms in total. The van der Waals surface area contributed by atoms with Gasteiger partial charge in [-0.05, 0) is 42.0 Å². The molecule has 0 unspecified atom stereocenters. The lowest BCUT2D eigenvalue weighted by Gasteiger charge is -2.04. The molecule has 3 aromatic heterocycles. The van der Waals surface area contributed by atoms with Crippen molar-refractivity contribution in [1.29, 1.82) is 0 Å². The Balaban J connectivity index is 1.33. The number of benzene rings is 1. The van der Waals surface area contributed by atoms with Crippen LogP contribution in [0.5, 0.6) is 0 Å². The lowest BCUT2D eigenvalue weighted by atomic mass is 10.2. The van der Waals surface area contributed by atoms with E-state index in [1.54, 1.807) is 51.4 Å². The number of hydrogen-bond acceptors (Lipinski definition) is 7. The van der Waals surface area contributed by atoms with E-state index in [2.05, 4.69) is 21.3 Å². The number of alkyl halides is 1. The van der Waals surface area contributed by atoms with Crippen LogP contribution in [0.2, 0.25) is 0 Å². The summed E-state index contributed by atoms with van der Waals surface area (Å²) < 4.78 is 4.54. The molecule has 6 N–H and O–H groups in total. The van der Waals surface area contributed by atoms with Crippen LogP contribution in [0.4, 0.5) is 17.1 Å². The van der Waals surface area contributed by atoms with Gasteiger partial charge in [-0.2, -0.15) is 0 Å². The molecule has 0 aliphatic carbocycles. The summed E-state index contributed by atoms with van der Waals surface area (Å²) in [6.07, 6.45) is 7.33. The molecule has 16 heteroatoms. The first-order valence-electron chi connectivity index (χ1n) is 14.8. The molecule has 5 amide bonds. The summed E-state index contributed by atoms with van der Waals surface area (Å²) in [6, 6.07) is 11.9. The number of hydrogen-bond donors (Lipinski definition) is 5. The molecule has 4 rings (SSSR count). The minimum atomic E-state index is -0.865. The highest BCUT2D eigenvalue weighted by molar-refractivity contribution is 7.99. The smallest absolute Gasteiger partial charge is 0.296 e. The molecular weight excluding hydrogens is 672 g/mol. The molecule has 0 saturated carbocycles. The number of nitrogens with zero attached hydrogens (tertiary/aromatic N) is 3. The predicted molar refractivity (Wildman–Crippen MR) is 189 cm³/mol. The fourth-order valence-electron chi connectivity index (χ4n) is 4.63. The van der Waals surface area contributed by atoms with Crippen LogP contribution in [0.1, 0.15) is 43.4 Å². The number of carbonyl (C=O) groups excluding carboxylic acids is 6. The average molecular weight is 707 g/mol. The number of nitrogens with one attached hydrogen (secondary N) is 4. The molecule has 256 valence electrons. The quantitative estimate of drug-likeness (QED) is 0.0542. The second kappa shape index (κ2) is 16.5. The largest absolute Gasteiger partial charge is 0.370 e. The predicted octanol–water partition coefficient (Wildman–Crippen LogP) is 3.36. The number of thioether (sulfide) groups is 1. The highest BCUT2D eigenvalue weighted by Crippen LogP contribution is 2.21. The lowest BCUT2D eigenvalue weighted by molar-refractivity contribution is -0.131. The molecule has 0 spiro atoms. The third-order valence-electron chi connectivity index (χ3n) is 7.02. The standard InChI is InChI=1S/C33H35ClN8O6S/c1-40-17-21(14-25(40)30(45)36-12-10-29(35)44)37-31(46)26-15-22(18-41(26)2)38-32(47)27-16-23(19-42(27)3)39-33(48)28(43)9-6-20-4-7-24(8-5-20)49-13-11-34/h4-9,14-19H,10-13H2,1-3H3,(H2,35,44)(H,36,45)(H,37,46)(H,38,47)(H,39,48). The third-order valence-corrected chi connectivity index (χ3v) is 8.45. The van der Waals surface area contributed by atoms with E-state index in [0.29, 0.717) is 17.3 Å². The van der Waals surface area contributed by atoms with Crippen molar-refractivity contribution in [3.8, 4) is 0 Å². The zero-order valence-corrected chi connectivity index (χ0v) is 28.5. The molecule has 0 aliphatic heterocycles. The number of aromatic nitrogens is 3. The van der Waals surface area contributed by atoms with E-state index in [9.17, 15) is 28.8 Å². The van der Waals surface area contributed by atoms with Gasteiger partial charge in [-0.3, -0.25) is 28.8 Å². The normalized spacial score (nSPS) is 10.9.